The van der Waals surface area contributed by atoms with E-state index in [0.29, 0.717) is 33.5 Å². The number of rotatable bonds is 7. The van der Waals surface area contributed by atoms with Gasteiger partial charge in [0.1, 0.15) is 17.1 Å². The Hall–Kier alpha value is -4.44. The fraction of sp³-hybridized carbons (Fsp3) is 0.281. The van der Waals surface area contributed by atoms with E-state index in [1.54, 1.807) is 6.07 Å². The van der Waals surface area contributed by atoms with Gasteiger partial charge >= 0.3 is 6.09 Å². The molecule has 0 fully saturated rings. The number of hydrogen-bond donors (Lipinski definition) is 3. The van der Waals surface area contributed by atoms with Gasteiger partial charge in [-0.15, -0.1) is 10.2 Å². The highest BCUT2D eigenvalue weighted by molar-refractivity contribution is 7.98. The molecule has 0 unspecified atom stereocenters. The van der Waals surface area contributed by atoms with Crippen LogP contribution in [0.5, 0.6) is 11.5 Å². The number of hydrogen-bond acceptors (Lipinski definition) is 7. The van der Waals surface area contributed by atoms with E-state index in [0.717, 1.165) is 22.2 Å². The second kappa shape index (κ2) is 11.4. The fourth-order valence-electron chi connectivity index (χ4n) is 4.72. The average molecular weight is 586 g/mol. The zero-order valence-corrected chi connectivity index (χ0v) is 25.4. The number of fused-ring (bicyclic) bond motifs is 1. The van der Waals surface area contributed by atoms with Gasteiger partial charge in [-0.05, 0) is 80.3 Å². The topological polar surface area (TPSA) is 114 Å². The summed E-state index contributed by atoms with van der Waals surface area (Å²) in [4.78, 5) is 12.3. The second-order valence-electron chi connectivity index (χ2n) is 11.5. The van der Waals surface area contributed by atoms with Crippen LogP contribution >= 0.6 is 11.8 Å². The molecular formula is C32H35N5O4S. The van der Waals surface area contributed by atoms with Crippen LogP contribution in [0.15, 0.2) is 72.0 Å². The number of carbonyl (C=O) groups is 1. The summed E-state index contributed by atoms with van der Waals surface area (Å²) in [6.45, 7) is 9.43. The summed E-state index contributed by atoms with van der Waals surface area (Å²) in [6.07, 6.45) is 1.50. The first-order valence-corrected chi connectivity index (χ1v) is 14.7. The highest BCUT2D eigenvalue weighted by Crippen LogP contribution is 2.39. The van der Waals surface area contributed by atoms with Crippen molar-refractivity contribution in [3.8, 4) is 28.6 Å². The van der Waals surface area contributed by atoms with Gasteiger partial charge in [0.2, 0.25) is 0 Å². The SMILES string of the molecule is CC(C)c1cc(-c2nnc(SCc3cccc(NC(=O)OC(C)(C)C)c3)n2-c2ccc3c(ccn3C)c2)c(O)cc1O. The maximum atomic E-state index is 12.3. The van der Waals surface area contributed by atoms with Crippen molar-refractivity contribution >= 4 is 34.4 Å². The van der Waals surface area contributed by atoms with Gasteiger partial charge in [-0.25, -0.2) is 4.79 Å². The molecule has 5 rings (SSSR count). The summed E-state index contributed by atoms with van der Waals surface area (Å²) < 4.78 is 9.36. The third-order valence-electron chi connectivity index (χ3n) is 6.71. The normalized spacial score (nSPS) is 11.8. The number of thioether (sulfide) groups is 1. The lowest BCUT2D eigenvalue weighted by atomic mass is 9.98. The van der Waals surface area contributed by atoms with E-state index in [1.807, 2.05) is 94.9 Å². The Labute approximate surface area is 249 Å². The highest BCUT2D eigenvalue weighted by Gasteiger charge is 2.22. The van der Waals surface area contributed by atoms with Crippen molar-refractivity contribution < 1.29 is 19.7 Å². The minimum absolute atomic E-state index is 0.0387. The lowest BCUT2D eigenvalue weighted by Crippen LogP contribution is -2.27. The molecular weight excluding hydrogens is 550 g/mol. The number of nitrogens with one attached hydrogen (secondary N) is 1. The van der Waals surface area contributed by atoms with Crippen molar-refractivity contribution in [2.45, 2.75) is 57.0 Å². The molecule has 0 saturated heterocycles. The molecule has 0 saturated carbocycles. The Morgan fingerprint density at radius 1 is 1.02 bits per heavy atom. The predicted octanol–water partition coefficient (Wildman–Crippen LogP) is 7.60. The van der Waals surface area contributed by atoms with Crippen LogP contribution in [-0.4, -0.2) is 41.2 Å². The molecule has 218 valence electrons. The van der Waals surface area contributed by atoms with Gasteiger partial charge in [0.15, 0.2) is 11.0 Å². The standard InChI is InChI=1S/C32H35N5O4S/c1-19(2)24-16-25(28(39)17-27(24)38)29-34-35-30(37(29)23-10-11-26-21(15-23)12-13-36(26)6)42-18-20-8-7-9-22(14-20)33-31(40)41-32(3,4)5/h7-17,19,38-39H,18H2,1-6H3,(H,33,40). The van der Waals surface area contributed by atoms with Crippen molar-refractivity contribution in [2.75, 3.05) is 5.32 Å². The Kier molecular flexibility index (Phi) is 7.92. The number of anilines is 1. The molecule has 1 amide bonds. The molecule has 2 aromatic heterocycles. The number of aromatic nitrogens is 4. The van der Waals surface area contributed by atoms with Crippen LogP contribution in [0.1, 0.15) is 51.7 Å². The Balaban J connectivity index is 1.51. The summed E-state index contributed by atoms with van der Waals surface area (Å²) in [5.41, 5.74) is 4.13. The van der Waals surface area contributed by atoms with Crippen LogP contribution in [0.2, 0.25) is 0 Å². The molecule has 2 heterocycles. The molecule has 10 heteroatoms. The predicted molar refractivity (Wildman–Crippen MR) is 167 cm³/mol. The zero-order chi connectivity index (χ0) is 30.2. The van der Waals surface area contributed by atoms with Gasteiger partial charge in [-0.1, -0.05) is 37.7 Å². The molecule has 0 bridgehead atoms. The van der Waals surface area contributed by atoms with Crippen molar-refractivity contribution in [3.63, 3.8) is 0 Å². The van der Waals surface area contributed by atoms with Crippen LogP contribution in [0.4, 0.5) is 10.5 Å². The molecule has 0 aliphatic rings. The van der Waals surface area contributed by atoms with Crippen LogP contribution in [0, 0.1) is 0 Å². The molecule has 0 aliphatic heterocycles. The van der Waals surface area contributed by atoms with E-state index in [-0.39, 0.29) is 17.4 Å². The van der Waals surface area contributed by atoms with E-state index in [4.69, 9.17) is 4.74 Å². The molecule has 3 N–H and O–H groups in total. The van der Waals surface area contributed by atoms with Gasteiger partial charge in [0.25, 0.3) is 0 Å². The molecule has 0 aliphatic carbocycles. The largest absolute Gasteiger partial charge is 0.508 e. The van der Waals surface area contributed by atoms with Crippen LogP contribution in [0.25, 0.3) is 28.0 Å². The number of aryl methyl sites for hydroxylation is 1. The summed E-state index contributed by atoms with van der Waals surface area (Å²) in [6, 6.07) is 18.9. The van der Waals surface area contributed by atoms with Crippen molar-refractivity contribution in [3.05, 3.63) is 78.0 Å². The molecule has 0 radical (unpaired) electrons. The third-order valence-corrected chi connectivity index (χ3v) is 7.71. The number of phenols is 2. The molecule has 5 aromatic rings. The van der Waals surface area contributed by atoms with Gasteiger partial charge < -0.3 is 19.5 Å². The van der Waals surface area contributed by atoms with Crippen molar-refractivity contribution in [1.82, 2.24) is 19.3 Å². The van der Waals surface area contributed by atoms with Crippen LogP contribution < -0.4 is 5.32 Å². The lowest BCUT2D eigenvalue weighted by Gasteiger charge is -2.19. The minimum atomic E-state index is -0.593. The molecule has 3 aromatic carbocycles. The van der Waals surface area contributed by atoms with E-state index in [2.05, 4.69) is 26.1 Å². The minimum Gasteiger partial charge on any atom is -0.508 e. The number of nitrogens with zero attached hydrogens (tertiary/aromatic N) is 4. The fourth-order valence-corrected chi connectivity index (χ4v) is 5.62. The average Bonchev–Trinajstić information content (AvgIpc) is 3.49. The van der Waals surface area contributed by atoms with Gasteiger partial charge in [0, 0.05) is 41.7 Å². The number of carbonyl (C=O) groups excluding carboxylic acids is 1. The number of ether oxygens (including phenoxy) is 1. The first-order valence-electron chi connectivity index (χ1n) is 13.7. The van der Waals surface area contributed by atoms with Gasteiger partial charge in [-0.3, -0.25) is 9.88 Å². The Morgan fingerprint density at radius 2 is 1.81 bits per heavy atom. The van der Waals surface area contributed by atoms with Gasteiger partial charge in [0.05, 0.1) is 11.3 Å². The molecule has 9 nitrogen and oxygen atoms in total. The summed E-state index contributed by atoms with van der Waals surface area (Å²) >= 11 is 1.49. The number of phenolic OH excluding ortho intramolecular Hbond substituents is 2. The summed E-state index contributed by atoms with van der Waals surface area (Å²) in [5, 5.41) is 34.9. The maximum Gasteiger partial charge on any atom is 0.412 e. The Bertz CT molecular complexity index is 1770. The highest BCUT2D eigenvalue weighted by atomic mass is 32.2. The second-order valence-corrected chi connectivity index (χ2v) is 12.5. The lowest BCUT2D eigenvalue weighted by molar-refractivity contribution is 0.0636. The summed E-state index contributed by atoms with van der Waals surface area (Å²) in [5.74, 6) is 1.01. The van der Waals surface area contributed by atoms with Gasteiger partial charge in [-0.2, -0.15) is 0 Å². The monoisotopic (exact) mass is 585 g/mol. The van der Waals surface area contributed by atoms with Crippen LogP contribution in [0.3, 0.4) is 0 Å². The first kappa shape index (κ1) is 29.1. The van der Waals surface area contributed by atoms with Crippen molar-refractivity contribution in [1.29, 1.82) is 0 Å². The number of benzene rings is 3. The van der Waals surface area contributed by atoms with Crippen LogP contribution in [-0.2, 0) is 17.5 Å². The Morgan fingerprint density at radius 3 is 2.55 bits per heavy atom. The van der Waals surface area contributed by atoms with E-state index in [1.165, 1.54) is 17.8 Å². The quantitative estimate of drug-likeness (QED) is 0.169. The number of amides is 1. The number of aromatic hydroxyl groups is 2. The summed E-state index contributed by atoms with van der Waals surface area (Å²) in [7, 11) is 2.00. The molecule has 0 spiro atoms. The zero-order valence-electron chi connectivity index (χ0n) is 24.5. The molecule has 0 atom stereocenters. The first-order chi connectivity index (χ1) is 19.9. The van der Waals surface area contributed by atoms with E-state index in [9.17, 15) is 15.0 Å². The van der Waals surface area contributed by atoms with E-state index < -0.39 is 11.7 Å². The van der Waals surface area contributed by atoms with E-state index >= 15 is 0 Å². The smallest absolute Gasteiger partial charge is 0.412 e. The maximum absolute atomic E-state index is 12.3. The third kappa shape index (κ3) is 6.23. The van der Waals surface area contributed by atoms with Crippen molar-refractivity contribution in [2.24, 2.45) is 7.05 Å². The molecule has 42 heavy (non-hydrogen) atoms.